The summed E-state index contributed by atoms with van der Waals surface area (Å²) >= 11 is 0. The Morgan fingerprint density at radius 3 is 2.55 bits per heavy atom. The van der Waals surface area contributed by atoms with Crippen molar-refractivity contribution in [3.8, 4) is 0 Å². The number of aryl methyl sites for hydroxylation is 1. The standard InChI is InChI=1S/C26H40N2O5/c1-26(2,3)33-25(31)28-22-9-6-16-27-23(22)17-32-20-13-10-19(11-14-20)21-8-5-4-7-18(21)12-15-24(29)30/h4-5,7-8,19-20,22-23,27H,6,9-17H2,1-3H3,(H,28,31)(H,29,30)/t19-,20+,22-,23-/m0/s1. The first-order valence-corrected chi connectivity index (χ1v) is 12.4. The van der Waals surface area contributed by atoms with Gasteiger partial charge in [-0.2, -0.15) is 0 Å². The first-order valence-electron chi connectivity index (χ1n) is 12.4. The molecule has 2 atom stereocenters. The number of benzene rings is 1. The summed E-state index contributed by atoms with van der Waals surface area (Å²) in [6.07, 6.45) is 6.62. The van der Waals surface area contributed by atoms with Crippen LogP contribution in [0.1, 0.15) is 82.8 Å². The quantitative estimate of drug-likeness (QED) is 0.532. The van der Waals surface area contributed by atoms with Crippen LogP contribution in [-0.4, -0.2) is 54.1 Å². The summed E-state index contributed by atoms with van der Waals surface area (Å²) in [6, 6.07) is 8.35. The predicted molar refractivity (Wildman–Crippen MR) is 128 cm³/mol. The lowest BCUT2D eigenvalue weighted by Gasteiger charge is -2.36. The van der Waals surface area contributed by atoms with E-state index in [4.69, 9.17) is 14.6 Å². The molecule has 184 valence electrons. The normalized spacial score (nSPS) is 25.9. The molecule has 1 aromatic rings. The van der Waals surface area contributed by atoms with Crippen molar-refractivity contribution in [3.05, 3.63) is 35.4 Å². The average Bonchev–Trinajstić information content (AvgIpc) is 2.76. The van der Waals surface area contributed by atoms with Gasteiger partial charge >= 0.3 is 12.1 Å². The lowest BCUT2D eigenvalue weighted by Crippen LogP contribution is -2.56. The molecule has 3 N–H and O–H groups in total. The van der Waals surface area contributed by atoms with Crippen LogP contribution >= 0.6 is 0 Å². The van der Waals surface area contributed by atoms with Gasteiger partial charge in [-0.05, 0) is 89.3 Å². The number of alkyl carbamates (subject to hydrolysis) is 1. The van der Waals surface area contributed by atoms with Crippen LogP contribution in [0.3, 0.4) is 0 Å². The summed E-state index contributed by atoms with van der Waals surface area (Å²) in [7, 11) is 0. The maximum atomic E-state index is 12.2. The van der Waals surface area contributed by atoms with Gasteiger partial charge in [-0.1, -0.05) is 24.3 Å². The van der Waals surface area contributed by atoms with E-state index in [2.05, 4.69) is 28.8 Å². The van der Waals surface area contributed by atoms with Gasteiger partial charge in [-0.25, -0.2) is 4.79 Å². The highest BCUT2D eigenvalue weighted by molar-refractivity contribution is 5.68. The number of rotatable bonds is 8. The highest BCUT2D eigenvalue weighted by Gasteiger charge is 2.30. The summed E-state index contributed by atoms with van der Waals surface area (Å²) in [5.74, 6) is -0.290. The molecule has 33 heavy (non-hydrogen) atoms. The van der Waals surface area contributed by atoms with Gasteiger partial charge in [0.2, 0.25) is 0 Å². The second-order valence-electron chi connectivity index (χ2n) is 10.4. The number of ether oxygens (including phenoxy) is 2. The summed E-state index contributed by atoms with van der Waals surface area (Å²) in [5.41, 5.74) is 1.95. The van der Waals surface area contributed by atoms with Crippen molar-refractivity contribution in [2.75, 3.05) is 13.2 Å². The third-order valence-corrected chi connectivity index (χ3v) is 6.58. The Bertz CT molecular complexity index is 783. The van der Waals surface area contributed by atoms with Crippen molar-refractivity contribution >= 4 is 12.1 Å². The topological polar surface area (TPSA) is 96.9 Å². The molecule has 1 aliphatic carbocycles. The first kappa shape index (κ1) is 25.5. The molecule has 1 amide bonds. The van der Waals surface area contributed by atoms with Crippen molar-refractivity contribution in [1.82, 2.24) is 10.6 Å². The van der Waals surface area contributed by atoms with Crippen molar-refractivity contribution < 1.29 is 24.2 Å². The van der Waals surface area contributed by atoms with Gasteiger partial charge in [0.15, 0.2) is 0 Å². The number of nitrogens with one attached hydrogen (secondary N) is 2. The molecule has 1 saturated carbocycles. The third kappa shape index (κ3) is 8.31. The SMILES string of the molecule is CC(C)(C)OC(=O)N[C@H]1CCCN[C@H]1CO[C@H]1CC[C@@H](c2ccccc2CCC(=O)O)CC1. The van der Waals surface area contributed by atoms with Gasteiger partial charge in [0, 0.05) is 12.5 Å². The molecule has 2 fully saturated rings. The minimum Gasteiger partial charge on any atom is -0.481 e. The Morgan fingerprint density at radius 2 is 1.85 bits per heavy atom. The Hall–Kier alpha value is -2.12. The van der Waals surface area contributed by atoms with E-state index < -0.39 is 11.6 Å². The van der Waals surface area contributed by atoms with Gasteiger partial charge in [-0.3, -0.25) is 4.79 Å². The summed E-state index contributed by atoms with van der Waals surface area (Å²) < 4.78 is 11.7. The molecule has 0 spiro atoms. The van der Waals surface area contributed by atoms with E-state index in [0.717, 1.165) is 50.6 Å². The average molecular weight is 461 g/mol. The van der Waals surface area contributed by atoms with Crippen molar-refractivity contribution in [2.24, 2.45) is 0 Å². The number of carbonyl (C=O) groups is 2. The monoisotopic (exact) mass is 460 g/mol. The fourth-order valence-corrected chi connectivity index (χ4v) is 4.94. The molecule has 1 saturated heterocycles. The highest BCUT2D eigenvalue weighted by atomic mass is 16.6. The number of hydrogen-bond donors (Lipinski definition) is 3. The Labute approximate surface area is 197 Å². The number of aliphatic carboxylic acids is 1. The van der Waals surface area contributed by atoms with Gasteiger partial charge in [0.1, 0.15) is 5.60 Å². The predicted octanol–water partition coefficient (Wildman–Crippen LogP) is 4.39. The van der Waals surface area contributed by atoms with E-state index in [1.165, 1.54) is 5.56 Å². The van der Waals surface area contributed by atoms with Crippen molar-refractivity contribution in [2.45, 2.75) is 102 Å². The Balaban J connectivity index is 1.47. The van der Waals surface area contributed by atoms with Crippen molar-refractivity contribution in [3.63, 3.8) is 0 Å². The molecule has 0 aromatic heterocycles. The Morgan fingerprint density at radius 1 is 1.12 bits per heavy atom. The molecule has 2 aliphatic rings. The minimum atomic E-state index is -0.752. The van der Waals surface area contributed by atoms with Gasteiger partial charge < -0.3 is 25.2 Å². The van der Waals surface area contributed by atoms with E-state index >= 15 is 0 Å². The summed E-state index contributed by atoms with van der Waals surface area (Å²) in [5, 5.41) is 15.6. The maximum absolute atomic E-state index is 12.2. The smallest absolute Gasteiger partial charge is 0.407 e. The maximum Gasteiger partial charge on any atom is 0.407 e. The molecule has 3 rings (SSSR count). The molecule has 0 bridgehead atoms. The molecule has 0 radical (unpaired) electrons. The second-order valence-corrected chi connectivity index (χ2v) is 10.4. The third-order valence-electron chi connectivity index (χ3n) is 6.58. The minimum absolute atomic E-state index is 0.00560. The van der Waals surface area contributed by atoms with Gasteiger partial charge in [0.05, 0.1) is 18.8 Å². The molecule has 0 unspecified atom stereocenters. The Kier molecular flexibility index (Phi) is 9.15. The molecule has 7 heteroatoms. The van der Waals surface area contributed by atoms with E-state index in [1.807, 2.05) is 26.8 Å². The lowest BCUT2D eigenvalue weighted by molar-refractivity contribution is -0.136. The van der Waals surface area contributed by atoms with Crippen LogP contribution < -0.4 is 10.6 Å². The molecule has 1 aliphatic heterocycles. The van der Waals surface area contributed by atoms with E-state index in [0.29, 0.717) is 18.9 Å². The number of piperidine rings is 1. The van der Waals surface area contributed by atoms with E-state index in [9.17, 15) is 9.59 Å². The molecular formula is C26H40N2O5. The molecule has 1 aromatic carbocycles. The number of carboxylic acid groups (broad SMARTS) is 1. The van der Waals surface area contributed by atoms with Crippen LogP contribution in [0.5, 0.6) is 0 Å². The van der Waals surface area contributed by atoms with Crippen molar-refractivity contribution in [1.29, 1.82) is 0 Å². The second kappa shape index (κ2) is 11.8. The van der Waals surface area contributed by atoms with Crippen LogP contribution in [0.25, 0.3) is 0 Å². The largest absolute Gasteiger partial charge is 0.481 e. The van der Waals surface area contributed by atoms with E-state index in [-0.39, 0.29) is 30.7 Å². The van der Waals surface area contributed by atoms with Crippen LogP contribution in [0.4, 0.5) is 4.79 Å². The summed E-state index contributed by atoms with van der Waals surface area (Å²) in [4.78, 5) is 23.2. The molecular weight excluding hydrogens is 420 g/mol. The van der Waals surface area contributed by atoms with Crippen LogP contribution in [0.15, 0.2) is 24.3 Å². The fraction of sp³-hybridized carbons (Fsp3) is 0.692. The number of hydrogen-bond acceptors (Lipinski definition) is 5. The number of carboxylic acids is 1. The zero-order valence-electron chi connectivity index (χ0n) is 20.3. The first-order chi connectivity index (χ1) is 15.7. The summed E-state index contributed by atoms with van der Waals surface area (Å²) in [6.45, 7) is 7.11. The highest BCUT2D eigenvalue weighted by Crippen LogP contribution is 2.36. The van der Waals surface area contributed by atoms with Crippen LogP contribution in [0.2, 0.25) is 0 Å². The number of carbonyl (C=O) groups excluding carboxylic acids is 1. The van der Waals surface area contributed by atoms with Crippen LogP contribution in [0, 0.1) is 0 Å². The zero-order valence-corrected chi connectivity index (χ0v) is 20.3. The van der Waals surface area contributed by atoms with E-state index in [1.54, 1.807) is 0 Å². The zero-order chi connectivity index (χ0) is 23.8. The molecule has 1 heterocycles. The fourth-order valence-electron chi connectivity index (χ4n) is 4.94. The lowest BCUT2D eigenvalue weighted by atomic mass is 9.80. The number of amides is 1. The van der Waals surface area contributed by atoms with Crippen LogP contribution in [-0.2, 0) is 20.7 Å². The van der Waals surface area contributed by atoms with Gasteiger partial charge in [0.25, 0.3) is 0 Å². The molecule has 7 nitrogen and oxygen atoms in total. The van der Waals surface area contributed by atoms with Gasteiger partial charge in [-0.15, -0.1) is 0 Å².